The van der Waals surface area contributed by atoms with E-state index in [1.807, 2.05) is 6.07 Å². The highest BCUT2D eigenvalue weighted by Gasteiger charge is 2.23. The minimum atomic E-state index is -1.39. The van der Waals surface area contributed by atoms with Gasteiger partial charge in [-0.3, -0.25) is 19.6 Å². The predicted molar refractivity (Wildman–Crippen MR) is 107 cm³/mol. The molecule has 8 nitrogen and oxygen atoms in total. The number of anilines is 1. The van der Waals surface area contributed by atoms with Gasteiger partial charge in [-0.1, -0.05) is 0 Å². The Kier molecular flexibility index (Phi) is 5.31. The second kappa shape index (κ2) is 7.90. The number of nitrogens with zero attached hydrogens (tertiary/aromatic N) is 4. The summed E-state index contributed by atoms with van der Waals surface area (Å²) >= 11 is 0. The fraction of sp³-hybridized carbons (Fsp3) is 0.500. The van der Waals surface area contributed by atoms with Crippen LogP contribution in [0.1, 0.15) is 33.1 Å². The van der Waals surface area contributed by atoms with Gasteiger partial charge >= 0.3 is 0 Å². The molecule has 3 aromatic rings. The monoisotopic (exact) mass is 400 g/mol. The van der Waals surface area contributed by atoms with Crippen LogP contribution in [0.25, 0.3) is 22.3 Å². The zero-order valence-electron chi connectivity index (χ0n) is 16.6. The van der Waals surface area contributed by atoms with Gasteiger partial charge in [0.25, 0.3) is 0 Å². The highest BCUT2D eigenvalue weighted by molar-refractivity contribution is 5.96. The highest BCUT2D eigenvalue weighted by atomic mass is 19.1. The number of rotatable bonds is 5. The van der Waals surface area contributed by atoms with Gasteiger partial charge in [0, 0.05) is 30.7 Å². The molecule has 3 aromatic heterocycles. The minimum Gasteiger partial charge on any atom is -0.381 e. The van der Waals surface area contributed by atoms with E-state index in [2.05, 4.69) is 25.6 Å². The van der Waals surface area contributed by atoms with Gasteiger partial charge in [0.05, 0.1) is 35.8 Å². The molecule has 0 bridgehead atoms. The maximum Gasteiger partial charge on any atom is 0.227 e. The third-order valence-corrected chi connectivity index (χ3v) is 5.03. The lowest BCUT2D eigenvalue weighted by atomic mass is 10.00. The van der Waals surface area contributed by atoms with Crippen LogP contribution in [-0.2, 0) is 16.1 Å². The number of aromatic amines is 1. The molecule has 1 aliphatic heterocycles. The first kappa shape index (κ1) is 19.5. The van der Waals surface area contributed by atoms with Crippen LogP contribution in [0.3, 0.4) is 0 Å². The number of hydrogen-bond donors (Lipinski definition) is 2. The molecule has 9 heteroatoms. The standard InChI is InChI=1S/C20H25FN6O2/c1-20(2,21)12-27-17-8-15(22-9-14(17)10-24-27)18-16(11-23-26-18)25-19(28)13-4-3-6-29-7-5-13/h8-11,13H,3-7,12H2,1-2H3,(H,23,26)(H,25,28). The van der Waals surface area contributed by atoms with E-state index in [1.54, 1.807) is 23.3 Å². The number of carbonyl (C=O) groups excluding carboxylic acids is 1. The molecule has 29 heavy (non-hydrogen) atoms. The number of pyridine rings is 1. The van der Waals surface area contributed by atoms with E-state index in [0.717, 1.165) is 23.7 Å². The molecule has 0 spiro atoms. The molecule has 2 N–H and O–H groups in total. The summed E-state index contributed by atoms with van der Waals surface area (Å²) in [5, 5.41) is 15.1. The van der Waals surface area contributed by atoms with Crippen LogP contribution in [0.4, 0.5) is 10.1 Å². The van der Waals surface area contributed by atoms with E-state index in [-0.39, 0.29) is 18.4 Å². The Balaban J connectivity index is 1.59. The second-order valence-corrected chi connectivity index (χ2v) is 8.04. The van der Waals surface area contributed by atoms with Crippen LogP contribution in [0.2, 0.25) is 0 Å². The average molecular weight is 400 g/mol. The van der Waals surface area contributed by atoms with Gasteiger partial charge in [-0.25, -0.2) is 4.39 Å². The van der Waals surface area contributed by atoms with Gasteiger partial charge in [-0.05, 0) is 39.2 Å². The first-order valence-corrected chi connectivity index (χ1v) is 9.83. The summed E-state index contributed by atoms with van der Waals surface area (Å²) in [6.07, 6.45) is 7.33. The molecule has 1 aliphatic rings. The van der Waals surface area contributed by atoms with Crippen molar-refractivity contribution in [2.24, 2.45) is 5.92 Å². The first-order chi connectivity index (χ1) is 13.9. The molecule has 1 unspecified atom stereocenters. The van der Waals surface area contributed by atoms with E-state index >= 15 is 0 Å². The van der Waals surface area contributed by atoms with Gasteiger partial charge in [0.15, 0.2) is 0 Å². The van der Waals surface area contributed by atoms with Crippen LogP contribution < -0.4 is 5.32 Å². The summed E-state index contributed by atoms with van der Waals surface area (Å²) in [5.74, 6) is -0.118. The number of fused-ring (bicyclic) bond motifs is 1. The van der Waals surface area contributed by atoms with Crippen molar-refractivity contribution in [1.82, 2.24) is 25.0 Å². The zero-order chi connectivity index (χ0) is 20.4. The molecular formula is C20H25FN6O2. The lowest BCUT2D eigenvalue weighted by Crippen LogP contribution is -2.23. The van der Waals surface area contributed by atoms with Crippen molar-refractivity contribution in [2.75, 3.05) is 18.5 Å². The topological polar surface area (TPSA) is 97.7 Å². The van der Waals surface area contributed by atoms with Crippen molar-refractivity contribution in [2.45, 2.75) is 45.3 Å². The Labute approximate surface area is 167 Å². The maximum atomic E-state index is 14.1. The molecule has 0 aliphatic carbocycles. The number of alkyl halides is 1. The molecule has 1 atom stereocenters. The Morgan fingerprint density at radius 1 is 1.34 bits per heavy atom. The van der Waals surface area contributed by atoms with E-state index in [0.29, 0.717) is 36.7 Å². The third kappa shape index (κ3) is 4.45. The number of H-pyrrole nitrogens is 1. The lowest BCUT2D eigenvalue weighted by Gasteiger charge is -2.15. The Morgan fingerprint density at radius 2 is 2.21 bits per heavy atom. The summed E-state index contributed by atoms with van der Waals surface area (Å²) in [5.41, 5.74) is 1.17. The van der Waals surface area contributed by atoms with Crippen molar-refractivity contribution < 1.29 is 13.9 Å². The molecule has 4 heterocycles. The SMILES string of the molecule is CC(C)(F)Cn1ncc2cnc(-c3[nH]ncc3NC(=O)C3CCCOCC3)cc21. The largest absolute Gasteiger partial charge is 0.381 e. The summed E-state index contributed by atoms with van der Waals surface area (Å²) < 4.78 is 21.2. The van der Waals surface area contributed by atoms with E-state index in [4.69, 9.17) is 4.74 Å². The molecule has 4 rings (SSSR count). The molecule has 154 valence electrons. The van der Waals surface area contributed by atoms with Crippen molar-refractivity contribution in [3.8, 4) is 11.4 Å². The predicted octanol–water partition coefficient (Wildman–Crippen LogP) is 3.32. The maximum absolute atomic E-state index is 14.1. The van der Waals surface area contributed by atoms with E-state index in [9.17, 15) is 9.18 Å². The van der Waals surface area contributed by atoms with Gasteiger partial charge in [-0.2, -0.15) is 10.2 Å². The fourth-order valence-corrected chi connectivity index (χ4v) is 3.57. The van der Waals surface area contributed by atoms with Crippen LogP contribution in [0.5, 0.6) is 0 Å². The Hall–Kier alpha value is -2.81. The Bertz CT molecular complexity index is 998. The van der Waals surface area contributed by atoms with Crippen LogP contribution >= 0.6 is 0 Å². The van der Waals surface area contributed by atoms with Crippen molar-refractivity contribution >= 4 is 22.5 Å². The van der Waals surface area contributed by atoms with Crippen LogP contribution in [0, 0.1) is 5.92 Å². The molecule has 1 saturated heterocycles. The molecule has 0 aromatic carbocycles. The van der Waals surface area contributed by atoms with Crippen LogP contribution in [-0.4, -0.2) is 49.8 Å². The average Bonchev–Trinajstić information content (AvgIpc) is 3.17. The number of carbonyl (C=O) groups is 1. The molecule has 0 saturated carbocycles. The number of aromatic nitrogens is 5. The normalized spacial score (nSPS) is 18.0. The van der Waals surface area contributed by atoms with Crippen LogP contribution in [0.15, 0.2) is 24.7 Å². The number of hydrogen-bond acceptors (Lipinski definition) is 5. The minimum absolute atomic E-state index is 0.0385. The highest BCUT2D eigenvalue weighted by Crippen LogP contribution is 2.28. The van der Waals surface area contributed by atoms with Crippen molar-refractivity contribution in [1.29, 1.82) is 0 Å². The quantitative estimate of drug-likeness (QED) is 0.685. The smallest absolute Gasteiger partial charge is 0.227 e. The van der Waals surface area contributed by atoms with Gasteiger partial charge in [-0.15, -0.1) is 0 Å². The van der Waals surface area contributed by atoms with Crippen molar-refractivity contribution in [3.63, 3.8) is 0 Å². The number of nitrogens with one attached hydrogen (secondary N) is 2. The number of ether oxygens (including phenoxy) is 1. The number of halogens is 1. The van der Waals surface area contributed by atoms with Gasteiger partial charge in [0.1, 0.15) is 11.4 Å². The van der Waals surface area contributed by atoms with Gasteiger partial charge < -0.3 is 10.1 Å². The molecule has 0 radical (unpaired) electrons. The summed E-state index contributed by atoms with van der Waals surface area (Å²) in [6, 6.07) is 1.83. The summed E-state index contributed by atoms with van der Waals surface area (Å²) in [7, 11) is 0. The fourth-order valence-electron chi connectivity index (χ4n) is 3.57. The molecule has 1 amide bonds. The zero-order valence-corrected chi connectivity index (χ0v) is 16.6. The lowest BCUT2D eigenvalue weighted by molar-refractivity contribution is -0.120. The summed E-state index contributed by atoms with van der Waals surface area (Å²) in [6.45, 7) is 4.47. The third-order valence-electron chi connectivity index (χ3n) is 5.03. The van der Waals surface area contributed by atoms with Gasteiger partial charge in [0.2, 0.25) is 5.91 Å². The Morgan fingerprint density at radius 3 is 3.03 bits per heavy atom. The number of amides is 1. The molecule has 1 fully saturated rings. The summed E-state index contributed by atoms with van der Waals surface area (Å²) in [4.78, 5) is 17.2. The first-order valence-electron chi connectivity index (χ1n) is 9.83. The molecular weight excluding hydrogens is 375 g/mol. The van der Waals surface area contributed by atoms with Crippen molar-refractivity contribution in [3.05, 3.63) is 24.7 Å². The van der Waals surface area contributed by atoms with E-state index < -0.39 is 5.67 Å². The second-order valence-electron chi connectivity index (χ2n) is 8.04. The van der Waals surface area contributed by atoms with E-state index in [1.165, 1.54) is 13.8 Å².